The van der Waals surface area contributed by atoms with E-state index in [4.69, 9.17) is 10.2 Å². The van der Waals surface area contributed by atoms with Gasteiger partial charge in [0, 0.05) is 23.0 Å². The van der Waals surface area contributed by atoms with Crippen LogP contribution in [0.15, 0.2) is 36.5 Å². The highest BCUT2D eigenvalue weighted by atomic mass is 14.9. The van der Waals surface area contributed by atoms with Gasteiger partial charge in [0.15, 0.2) is 0 Å². The van der Waals surface area contributed by atoms with Crippen LogP contribution in [-0.4, -0.2) is 15.0 Å². The van der Waals surface area contributed by atoms with E-state index >= 15 is 0 Å². The number of aryl methyl sites for hydroxylation is 2. The number of aromatic amines is 2. The van der Waals surface area contributed by atoms with Gasteiger partial charge in [0.25, 0.3) is 0 Å². The second kappa shape index (κ2) is 5.24. The van der Waals surface area contributed by atoms with Crippen LogP contribution in [0.1, 0.15) is 40.9 Å². The minimum absolute atomic E-state index is 0.141. The van der Waals surface area contributed by atoms with Crippen LogP contribution in [0.3, 0.4) is 0 Å². The largest absolute Gasteiger partial charge is 0.361 e. The summed E-state index contributed by atoms with van der Waals surface area (Å²) in [6.45, 7) is 6.46. The van der Waals surface area contributed by atoms with E-state index < -0.39 is 0 Å². The normalized spacial score (nSPS) is 12.6. The van der Waals surface area contributed by atoms with E-state index in [1.807, 2.05) is 18.3 Å². The van der Waals surface area contributed by atoms with Crippen LogP contribution in [0, 0.1) is 25.2 Å². The fraction of sp³-hybridized carbons (Fsp3) is 0.200. The summed E-state index contributed by atoms with van der Waals surface area (Å²) in [5, 5.41) is 10.3. The van der Waals surface area contributed by atoms with Crippen LogP contribution in [0.4, 0.5) is 0 Å². The average molecular weight is 314 g/mol. The Morgan fingerprint density at radius 2 is 1.96 bits per heavy atom. The van der Waals surface area contributed by atoms with Crippen molar-refractivity contribution in [3.8, 4) is 6.07 Å². The third-order valence-corrected chi connectivity index (χ3v) is 4.76. The molecule has 4 heteroatoms. The minimum Gasteiger partial charge on any atom is -0.361 e. The smallest absolute Gasteiger partial charge is 0.114 e. The quantitative estimate of drug-likeness (QED) is 0.564. The van der Waals surface area contributed by atoms with Crippen molar-refractivity contribution < 1.29 is 0 Å². The van der Waals surface area contributed by atoms with Gasteiger partial charge < -0.3 is 9.97 Å². The standard InChI is InChI=1S/C20H18N4/c1-11-8-12(2)19-15(6-7-22-19)18(11)13(3)20-23-16-5-4-14(10-21)9-17(16)24-20/h4-9,13,22H,1-3H3,(H,23,24). The van der Waals surface area contributed by atoms with Crippen LogP contribution < -0.4 is 0 Å². The number of nitrogens with zero attached hydrogens (tertiary/aromatic N) is 2. The number of hydrogen-bond donors (Lipinski definition) is 2. The van der Waals surface area contributed by atoms with Crippen molar-refractivity contribution in [3.63, 3.8) is 0 Å². The van der Waals surface area contributed by atoms with Crippen LogP contribution >= 0.6 is 0 Å². The Labute approximate surface area is 140 Å². The molecule has 118 valence electrons. The van der Waals surface area contributed by atoms with Crippen molar-refractivity contribution in [1.29, 1.82) is 5.26 Å². The molecule has 4 aromatic rings. The zero-order valence-electron chi connectivity index (χ0n) is 13.9. The Kier molecular flexibility index (Phi) is 3.17. The lowest BCUT2D eigenvalue weighted by molar-refractivity contribution is 0.845. The first-order chi connectivity index (χ1) is 11.6. The highest BCUT2D eigenvalue weighted by Crippen LogP contribution is 2.34. The number of nitriles is 1. The molecule has 4 rings (SSSR count). The summed E-state index contributed by atoms with van der Waals surface area (Å²) in [5.41, 5.74) is 7.44. The predicted molar refractivity (Wildman–Crippen MR) is 96.1 cm³/mol. The Balaban J connectivity index is 1.89. The predicted octanol–water partition coefficient (Wildman–Crippen LogP) is 4.68. The molecular formula is C20H18N4. The molecule has 0 bridgehead atoms. The zero-order valence-corrected chi connectivity index (χ0v) is 13.9. The SMILES string of the molecule is Cc1cc(C)c2[nH]ccc2c1C(C)c1nc2ccc(C#N)cc2[nH]1. The lowest BCUT2D eigenvalue weighted by atomic mass is 9.91. The van der Waals surface area contributed by atoms with E-state index in [9.17, 15) is 0 Å². The van der Waals surface area contributed by atoms with Gasteiger partial charge >= 0.3 is 0 Å². The van der Waals surface area contributed by atoms with E-state index in [1.54, 1.807) is 6.07 Å². The number of hydrogen-bond acceptors (Lipinski definition) is 2. The molecule has 0 amide bonds. The van der Waals surface area contributed by atoms with Crippen molar-refractivity contribution in [2.24, 2.45) is 0 Å². The van der Waals surface area contributed by atoms with Gasteiger partial charge in [-0.15, -0.1) is 0 Å². The summed E-state index contributed by atoms with van der Waals surface area (Å²) in [4.78, 5) is 11.5. The van der Waals surface area contributed by atoms with E-state index in [2.05, 4.69) is 48.9 Å². The zero-order chi connectivity index (χ0) is 16.8. The molecule has 0 saturated heterocycles. The van der Waals surface area contributed by atoms with E-state index in [-0.39, 0.29) is 5.92 Å². The molecular weight excluding hydrogens is 296 g/mol. The van der Waals surface area contributed by atoms with E-state index in [1.165, 1.54) is 27.6 Å². The van der Waals surface area contributed by atoms with E-state index in [0.717, 1.165) is 16.9 Å². The van der Waals surface area contributed by atoms with Crippen LogP contribution in [0.2, 0.25) is 0 Å². The number of benzene rings is 2. The fourth-order valence-electron chi connectivity index (χ4n) is 3.62. The first-order valence-corrected chi connectivity index (χ1v) is 8.05. The molecule has 0 spiro atoms. The maximum Gasteiger partial charge on any atom is 0.114 e. The Bertz CT molecular complexity index is 1110. The first kappa shape index (κ1) is 14.5. The molecule has 0 aliphatic rings. The fourth-order valence-corrected chi connectivity index (χ4v) is 3.62. The molecule has 0 aliphatic heterocycles. The average Bonchev–Trinajstić information content (AvgIpc) is 3.20. The molecule has 2 aromatic heterocycles. The molecule has 1 unspecified atom stereocenters. The van der Waals surface area contributed by atoms with Gasteiger partial charge in [-0.25, -0.2) is 4.98 Å². The van der Waals surface area contributed by atoms with Crippen LogP contribution in [0.25, 0.3) is 21.9 Å². The molecule has 2 N–H and O–H groups in total. The highest BCUT2D eigenvalue weighted by Gasteiger charge is 2.19. The molecule has 1 atom stereocenters. The van der Waals surface area contributed by atoms with Gasteiger partial charge in [-0.1, -0.05) is 13.0 Å². The monoisotopic (exact) mass is 314 g/mol. The molecule has 0 fully saturated rings. The van der Waals surface area contributed by atoms with Gasteiger partial charge in [-0.2, -0.15) is 5.26 Å². The first-order valence-electron chi connectivity index (χ1n) is 8.05. The minimum atomic E-state index is 0.141. The second-order valence-electron chi connectivity index (χ2n) is 6.38. The molecule has 4 nitrogen and oxygen atoms in total. The molecule has 0 radical (unpaired) electrons. The summed E-state index contributed by atoms with van der Waals surface area (Å²) in [6.07, 6.45) is 1.99. The van der Waals surface area contributed by atoms with E-state index in [0.29, 0.717) is 5.56 Å². The van der Waals surface area contributed by atoms with Crippen molar-refractivity contribution in [2.45, 2.75) is 26.7 Å². The third-order valence-electron chi connectivity index (χ3n) is 4.76. The summed E-state index contributed by atoms with van der Waals surface area (Å²) in [6, 6.07) is 12.1. The number of aromatic nitrogens is 3. The van der Waals surface area contributed by atoms with Gasteiger partial charge in [-0.05, 0) is 54.8 Å². The van der Waals surface area contributed by atoms with Crippen molar-refractivity contribution in [3.05, 3.63) is 64.6 Å². The van der Waals surface area contributed by atoms with Crippen LogP contribution in [0.5, 0.6) is 0 Å². The lowest BCUT2D eigenvalue weighted by Crippen LogP contribution is -2.02. The van der Waals surface area contributed by atoms with Crippen LogP contribution in [-0.2, 0) is 0 Å². The van der Waals surface area contributed by atoms with Gasteiger partial charge in [0.2, 0.25) is 0 Å². The second-order valence-corrected chi connectivity index (χ2v) is 6.38. The molecule has 24 heavy (non-hydrogen) atoms. The Hall–Kier alpha value is -3.06. The van der Waals surface area contributed by atoms with Crippen molar-refractivity contribution in [1.82, 2.24) is 15.0 Å². The lowest BCUT2D eigenvalue weighted by Gasteiger charge is -2.15. The molecule has 0 saturated carbocycles. The number of fused-ring (bicyclic) bond motifs is 2. The third kappa shape index (κ3) is 2.10. The van der Waals surface area contributed by atoms with Crippen molar-refractivity contribution in [2.75, 3.05) is 0 Å². The number of H-pyrrole nitrogens is 2. The molecule has 0 aliphatic carbocycles. The van der Waals surface area contributed by atoms with Gasteiger partial charge in [0.05, 0.1) is 22.7 Å². The molecule has 2 aromatic carbocycles. The maximum atomic E-state index is 9.06. The number of nitrogens with one attached hydrogen (secondary N) is 2. The maximum absolute atomic E-state index is 9.06. The van der Waals surface area contributed by atoms with Crippen molar-refractivity contribution >= 4 is 21.9 Å². The molecule has 2 heterocycles. The summed E-state index contributed by atoms with van der Waals surface area (Å²) in [5.74, 6) is 1.07. The summed E-state index contributed by atoms with van der Waals surface area (Å²) in [7, 11) is 0. The Morgan fingerprint density at radius 1 is 1.12 bits per heavy atom. The highest BCUT2D eigenvalue weighted by molar-refractivity contribution is 5.88. The van der Waals surface area contributed by atoms with Gasteiger partial charge in [-0.3, -0.25) is 0 Å². The Morgan fingerprint density at radius 3 is 2.75 bits per heavy atom. The summed E-state index contributed by atoms with van der Waals surface area (Å²) < 4.78 is 0. The number of imidazole rings is 1. The topological polar surface area (TPSA) is 68.3 Å². The number of rotatable bonds is 2. The summed E-state index contributed by atoms with van der Waals surface area (Å²) >= 11 is 0. The van der Waals surface area contributed by atoms with Gasteiger partial charge in [0.1, 0.15) is 5.82 Å².